The van der Waals surface area contributed by atoms with Gasteiger partial charge in [-0.1, -0.05) is 12.1 Å². The number of rotatable bonds is 2. The van der Waals surface area contributed by atoms with E-state index < -0.39 is 12.1 Å². The van der Waals surface area contributed by atoms with Gasteiger partial charge in [-0.25, -0.2) is 4.79 Å². The maximum Gasteiger partial charge on any atom is 0.341 e. The van der Waals surface area contributed by atoms with Crippen LogP contribution in [0.25, 0.3) is 0 Å². The van der Waals surface area contributed by atoms with E-state index in [9.17, 15) is 9.59 Å². The van der Waals surface area contributed by atoms with Crippen LogP contribution in [0.5, 0.6) is 0 Å². The zero-order chi connectivity index (χ0) is 13.8. The van der Waals surface area contributed by atoms with Gasteiger partial charge in [0.2, 0.25) is 0 Å². The maximum absolute atomic E-state index is 12.1. The number of esters is 1. The Hall–Kier alpha value is -2.04. The van der Waals surface area contributed by atoms with Crippen molar-refractivity contribution < 1.29 is 14.3 Å². The Bertz CT molecular complexity index is 479. The molecule has 0 aliphatic carbocycles. The predicted octanol–water partition coefficient (Wildman–Crippen LogP) is 1.40. The van der Waals surface area contributed by atoms with Crippen LogP contribution in [0, 0.1) is 6.92 Å². The van der Waals surface area contributed by atoms with E-state index in [0.29, 0.717) is 24.2 Å². The molecule has 1 aromatic rings. The van der Waals surface area contributed by atoms with Gasteiger partial charge in [-0.15, -0.1) is 0 Å². The number of nitrogens with one attached hydrogen (secondary N) is 1. The molecule has 102 valence electrons. The normalized spacial score (nSPS) is 19.4. The number of hydrogen-bond acceptors (Lipinski definition) is 4. The number of aryl methyl sites for hydroxylation is 1. The highest BCUT2D eigenvalue weighted by Gasteiger charge is 2.26. The van der Waals surface area contributed by atoms with Gasteiger partial charge in [0, 0.05) is 12.2 Å². The van der Waals surface area contributed by atoms with Gasteiger partial charge >= 0.3 is 5.97 Å². The van der Waals surface area contributed by atoms with Crippen molar-refractivity contribution in [3.8, 4) is 0 Å². The van der Waals surface area contributed by atoms with Gasteiger partial charge < -0.3 is 15.8 Å². The summed E-state index contributed by atoms with van der Waals surface area (Å²) in [6.45, 7) is 2.43. The first kappa shape index (κ1) is 13.4. The summed E-state index contributed by atoms with van der Waals surface area (Å²) in [6.07, 6.45) is 1.62. The van der Waals surface area contributed by atoms with Crippen LogP contribution in [-0.2, 0) is 9.53 Å². The minimum absolute atomic E-state index is 0.224. The lowest BCUT2D eigenvalue weighted by Gasteiger charge is -2.16. The van der Waals surface area contributed by atoms with Crippen molar-refractivity contribution in [3.05, 3.63) is 29.3 Å². The molecule has 3 N–H and O–H groups in total. The van der Waals surface area contributed by atoms with Crippen LogP contribution in [0.2, 0.25) is 0 Å². The second-order valence-electron chi connectivity index (χ2n) is 4.72. The van der Waals surface area contributed by atoms with Gasteiger partial charge in [0.1, 0.15) is 0 Å². The Morgan fingerprint density at radius 3 is 2.95 bits per heavy atom. The molecule has 2 rings (SSSR count). The lowest BCUT2D eigenvalue weighted by Crippen LogP contribution is -2.36. The molecule has 1 aliphatic heterocycles. The topological polar surface area (TPSA) is 81.4 Å². The third kappa shape index (κ3) is 3.05. The molecule has 1 heterocycles. The van der Waals surface area contributed by atoms with E-state index in [2.05, 4.69) is 5.32 Å². The summed E-state index contributed by atoms with van der Waals surface area (Å²) in [4.78, 5) is 23.9. The lowest BCUT2D eigenvalue weighted by atomic mass is 10.1. The summed E-state index contributed by atoms with van der Waals surface area (Å²) in [6, 6.07) is 5.22. The average Bonchev–Trinajstić information content (AvgIpc) is 2.55. The molecule has 1 fully saturated rings. The molecule has 1 aromatic carbocycles. The van der Waals surface area contributed by atoms with Crippen LogP contribution in [0.4, 0.5) is 5.69 Å². The number of carbonyl (C=O) groups is 2. The van der Waals surface area contributed by atoms with E-state index in [-0.39, 0.29) is 5.91 Å². The zero-order valence-corrected chi connectivity index (χ0v) is 10.9. The second-order valence-corrected chi connectivity index (χ2v) is 4.72. The van der Waals surface area contributed by atoms with Crippen molar-refractivity contribution in [2.24, 2.45) is 0 Å². The molecule has 0 bridgehead atoms. The number of amides is 1. The first-order valence-corrected chi connectivity index (χ1v) is 6.43. The fraction of sp³-hybridized carbons (Fsp3) is 0.429. The van der Waals surface area contributed by atoms with Crippen molar-refractivity contribution >= 4 is 17.6 Å². The summed E-state index contributed by atoms with van der Waals surface area (Å²) in [7, 11) is 0. The Balaban J connectivity index is 2.14. The molecule has 0 saturated carbocycles. The minimum atomic E-state index is -0.714. The van der Waals surface area contributed by atoms with Gasteiger partial charge in [-0.2, -0.15) is 0 Å². The number of carbonyl (C=O) groups excluding carboxylic acids is 2. The molecule has 1 atom stereocenters. The Kier molecular flexibility index (Phi) is 4.04. The summed E-state index contributed by atoms with van der Waals surface area (Å²) in [5, 5.41) is 2.73. The number of ether oxygens (including phenoxy) is 1. The number of anilines is 1. The van der Waals surface area contributed by atoms with E-state index in [0.717, 1.165) is 18.4 Å². The Morgan fingerprint density at radius 2 is 2.21 bits per heavy atom. The maximum atomic E-state index is 12.1. The van der Waals surface area contributed by atoms with Crippen molar-refractivity contribution in [2.75, 3.05) is 12.3 Å². The molecule has 0 radical (unpaired) electrons. The lowest BCUT2D eigenvalue weighted by molar-refractivity contribution is -0.129. The zero-order valence-electron chi connectivity index (χ0n) is 10.9. The van der Waals surface area contributed by atoms with E-state index in [1.54, 1.807) is 25.1 Å². The monoisotopic (exact) mass is 262 g/mol. The quantitative estimate of drug-likeness (QED) is 0.623. The standard InChI is InChI=1S/C14H18N2O3/c1-9-5-4-6-10(15)12(9)14(18)19-11-7-2-3-8-16-13(11)17/h4-6,11H,2-3,7-8,15H2,1H3,(H,16,17). The van der Waals surface area contributed by atoms with E-state index >= 15 is 0 Å². The molecular formula is C14H18N2O3. The van der Waals surface area contributed by atoms with E-state index in [1.165, 1.54) is 0 Å². The summed E-state index contributed by atoms with van der Waals surface area (Å²) in [5.41, 5.74) is 7.26. The van der Waals surface area contributed by atoms with Crippen LogP contribution < -0.4 is 11.1 Å². The second kappa shape index (κ2) is 5.73. The molecule has 5 heteroatoms. The highest BCUT2D eigenvalue weighted by Crippen LogP contribution is 2.19. The molecule has 1 aliphatic rings. The number of nitrogen functional groups attached to an aromatic ring is 1. The fourth-order valence-electron chi connectivity index (χ4n) is 2.18. The van der Waals surface area contributed by atoms with Crippen molar-refractivity contribution in [3.63, 3.8) is 0 Å². The van der Waals surface area contributed by atoms with Crippen LogP contribution in [-0.4, -0.2) is 24.5 Å². The van der Waals surface area contributed by atoms with Crippen molar-refractivity contribution in [1.29, 1.82) is 0 Å². The molecule has 5 nitrogen and oxygen atoms in total. The molecule has 19 heavy (non-hydrogen) atoms. The van der Waals surface area contributed by atoms with Crippen molar-refractivity contribution in [2.45, 2.75) is 32.3 Å². The smallest absolute Gasteiger partial charge is 0.341 e. The van der Waals surface area contributed by atoms with Gasteiger partial charge in [-0.05, 0) is 37.8 Å². The first-order valence-electron chi connectivity index (χ1n) is 6.43. The van der Waals surface area contributed by atoms with Crippen LogP contribution >= 0.6 is 0 Å². The average molecular weight is 262 g/mol. The first-order chi connectivity index (χ1) is 9.09. The number of benzene rings is 1. The highest BCUT2D eigenvalue weighted by atomic mass is 16.5. The number of hydrogen-bond donors (Lipinski definition) is 2. The third-order valence-corrected chi connectivity index (χ3v) is 3.24. The van der Waals surface area contributed by atoms with Gasteiger partial charge in [0.05, 0.1) is 5.56 Å². The Labute approximate surface area is 112 Å². The van der Waals surface area contributed by atoms with Crippen LogP contribution in [0.3, 0.4) is 0 Å². The molecule has 0 spiro atoms. The molecule has 1 unspecified atom stereocenters. The van der Waals surface area contributed by atoms with Crippen LogP contribution in [0.1, 0.15) is 35.2 Å². The predicted molar refractivity (Wildman–Crippen MR) is 71.7 cm³/mol. The van der Waals surface area contributed by atoms with Crippen molar-refractivity contribution in [1.82, 2.24) is 5.32 Å². The molecular weight excluding hydrogens is 244 g/mol. The van der Waals surface area contributed by atoms with Gasteiger partial charge in [0.25, 0.3) is 5.91 Å². The van der Waals surface area contributed by atoms with E-state index in [1.807, 2.05) is 0 Å². The van der Waals surface area contributed by atoms with Gasteiger partial charge in [-0.3, -0.25) is 4.79 Å². The SMILES string of the molecule is Cc1cccc(N)c1C(=O)OC1CCCCNC1=O. The van der Waals surface area contributed by atoms with Crippen LogP contribution in [0.15, 0.2) is 18.2 Å². The molecule has 1 saturated heterocycles. The fourth-order valence-corrected chi connectivity index (χ4v) is 2.18. The largest absolute Gasteiger partial charge is 0.449 e. The number of nitrogens with two attached hydrogens (primary N) is 1. The molecule has 1 amide bonds. The summed E-state index contributed by atoms with van der Waals surface area (Å²) >= 11 is 0. The highest BCUT2D eigenvalue weighted by molar-refractivity contribution is 5.98. The third-order valence-electron chi connectivity index (χ3n) is 3.24. The summed E-state index contributed by atoms with van der Waals surface area (Å²) < 4.78 is 5.30. The van der Waals surface area contributed by atoms with Gasteiger partial charge in [0.15, 0.2) is 6.10 Å². The molecule has 0 aromatic heterocycles. The minimum Gasteiger partial charge on any atom is -0.449 e. The Morgan fingerprint density at radius 1 is 1.42 bits per heavy atom. The summed E-state index contributed by atoms with van der Waals surface area (Å²) in [5.74, 6) is -0.754. The van der Waals surface area contributed by atoms with E-state index in [4.69, 9.17) is 10.5 Å².